The van der Waals surface area contributed by atoms with Gasteiger partial charge in [-0.05, 0) is 24.6 Å². The van der Waals surface area contributed by atoms with Gasteiger partial charge in [0.1, 0.15) is 0 Å². The van der Waals surface area contributed by atoms with Crippen LogP contribution < -0.4 is 4.90 Å². The van der Waals surface area contributed by atoms with Gasteiger partial charge in [0.25, 0.3) is 5.91 Å². The number of nitrogens with zero attached hydrogens (tertiary/aromatic N) is 5. The SMILES string of the molecule is CN(C)C(=O)c1cc([C@@H]2CCN(c3ncccn3)C2)nc2ccccc12. The molecule has 1 amide bonds. The summed E-state index contributed by atoms with van der Waals surface area (Å²) in [6.07, 6.45) is 4.49. The first-order valence-corrected chi connectivity index (χ1v) is 8.77. The van der Waals surface area contributed by atoms with E-state index in [1.807, 2.05) is 36.4 Å². The summed E-state index contributed by atoms with van der Waals surface area (Å²) in [5.74, 6) is 1.02. The second-order valence-electron chi connectivity index (χ2n) is 6.79. The van der Waals surface area contributed by atoms with Gasteiger partial charge in [0.15, 0.2) is 0 Å². The number of aromatic nitrogens is 3. The number of carbonyl (C=O) groups is 1. The van der Waals surface area contributed by atoms with Crippen molar-refractivity contribution in [2.75, 3.05) is 32.1 Å². The molecule has 0 radical (unpaired) electrons. The molecule has 2 aromatic heterocycles. The maximum Gasteiger partial charge on any atom is 0.254 e. The molecule has 0 bridgehead atoms. The van der Waals surface area contributed by atoms with Crippen LogP contribution in [0.5, 0.6) is 0 Å². The number of benzene rings is 1. The summed E-state index contributed by atoms with van der Waals surface area (Å²) in [5, 5.41) is 0.899. The third-order valence-electron chi connectivity index (χ3n) is 4.81. The second-order valence-corrected chi connectivity index (χ2v) is 6.79. The van der Waals surface area contributed by atoms with E-state index in [0.717, 1.165) is 42.1 Å². The van der Waals surface area contributed by atoms with E-state index in [9.17, 15) is 4.79 Å². The molecule has 1 atom stereocenters. The average molecular weight is 347 g/mol. The first-order chi connectivity index (χ1) is 12.6. The van der Waals surface area contributed by atoms with Crippen molar-refractivity contribution < 1.29 is 4.79 Å². The fourth-order valence-corrected chi connectivity index (χ4v) is 3.46. The monoisotopic (exact) mass is 347 g/mol. The van der Waals surface area contributed by atoms with Gasteiger partial charge in [0.05, 0.1) is 11.1 Å². The summed E-state index contributed by atoms with van der Waals surface area (Å²) >= 11 is 0. The molecule has 4 rings (SSSR count). The van der Waals surface area contributed by atoms with Crippen molar-refractivity contribution in [2.45, 2.75) is 12.3 Å². The molecule has 1 fully saturated rings. The Morgan fingerprint density at radius 2 is 1.92 bits per heavy atom. The van der Waals surface area contributed by atoms with Crippen LogP contribution in [0.25, 0.3) is 10.9 Å². The third kappa shape index (κ3) is 2.98. The largest absolute Gasteiger partial charge is 0.345 e. The van der Waals surface area contributed by atoms with E-state index >= 15 is 0 Å². The van der Waals surface area contributed by atoms with Crippen molar-refractivity contribution in [2.24, 2.45) is 0 Å². The van der Waals surface area contributed by atoms with Crippen molar-refractivity contribution in [1.29, 1.82) is 0 Å². The number of rotatable bonds is 3. The van der Waals surface area contributed by atoms with Crippen LogP contribution in [0.1, 0.15) is 28.4 Å². The predicted molar refractivity (Wildman–Crippen MR) is 101 cm³/mol. The molecular weight excluding hydrogens is 326 g/mol. The van der Waals surface area contributed by atoms with Gasteiger partial charge in [0.2, 0.25) is 5.95 Å². The molecular formula is C20H21N5O. The lowest BCUT2D eigenvalue weighted by molar-refractivity contribution is 0.0829. The number of para-hydroxylation sites is 1. The molecule has 132 valence electrons. The highest BCUT2D eigenvalue weighted by Crippen LogP contribution is 2.30. The van der Waals surface area contributed by atoms with E-state index in [1.54, 1.807) is 31.4 Å². The number of amides is 1. The lowest BCUT2D eigenvalue weighted by Gasteiger charge is -2.17. The van der Waals surface area contributed by atoms with E-state index in [2.05, 4.69) is 14.9 Å². The Balaban J connectivity index is 1.70. The summed E-state index contributed by atoms with van der Waals surface area (Å²) in [7, 11) is 3.56. The molecule has 6 nitrogen and oxygen atoms in total. The molecule has 0 saturated carbocycles. The average Bonchev–Trinajstić information content (AvgIpc) is 3.17. The molecule has 0 unspecified atom stereocenters. The van der Waals surface area contributed by atoms with Crippen molar-refractivity contribution in [1.82, 2.24) is 19.9 Å². The Bertz CT molecular complexity index is 941. The van der Waals surface area contributed by atoms with Crippen LogP contribution in [0, 0.1) is 0 Å². The molecule has 0 aliphatic carbocycles. The van der Waals surface area contributed by atoms with Crippen molar-refractivity contribution in [3.05, 3.63) is 60.0 Å². The highest BCUT2D eigenvalue weighted by atomic mass is 16.2. The summed E-state index contributed by atoms with van der Waals surface area (Å²) in [6, 6.07) is 11.6. The normalized spacial score (nSPS) is 16.8. The Labute approximate surface area is 152 Å². The standard InChI is InChI=1S/C20H21N5O/c1-24(2)19(26)16-12-18(23-17-7-4-3-6-15(16)17)14-8-11-25(13-14)20-21-9-5-10-22-20/h3-7,9-10,12,14H,8,11,13H2,1-2H3/t14-/m1/s1. The molecule has 1 aliphatic rings. The number of hydrogen-bond acceptors (Lipinski definition) is 5. The zero-order valence-electron chi connectivity index (χ0n) is 15.0. The van der Waals surface area contributed by atoms with Gasteiger partial charge in [-0.25, -0.2) is 9.97 Å². The number of carbonyl (C=O) groups excluding carboxylic acids is 1. The Morgan fingerprint density at radius 3 is 2.69 bits per heavy atom. The molecule has 6 heteroatoms. The molecule has 1 saturated heterocycles. The fraction of sp³-hybridized carbons (Fsp3) is 0.300. The minimum Gasteiger partial charge on any atom is -0.345 e. The van der Waals surface area contributed by atoms with Crippen LogP contribution in [-0.4, -0.2) is 52.9 Å². The van der Waals surface area contributed by atoms with Crippen LogP contribution in [0.2, 0.25) is 0 Å². The van der Waals surface area contributed by atoms with Gasteiger partial charge in [-0.15, -0.1) is 0 Å². The molecule has 1 aromatic carbocycles. The van der Waals surface area contributed by atoms with E-state index in [1.165, 1.54) is 0 Å². The van der Waals surface area contributed by atoms with E-state index in [0.29, 0.717) is 5.56 Å². The quantitative estimate of drug-likeness (QED) is 0.729. The van der Waals surface area contributed by atoms with Crippen molar-refractivity contribution >= 4 is 22.8 Å². The first kappa shape index (κ1) is 16.4. The Kier molecular flexibility index (Phi) is 4.24. The molecule has 3 heterocycles. The summed E-state index contributed by atoms with van der Waals surface area (Å²) in [4.78, 5) is 30.0. The molecule has 26 heavy (non-hydrogen) atoms. The van der Waals surface area contributed by atoms with Gasteiger partial charge in [-0.2, -0.15) is 0 Å². The van der Waals surface area contributed by atoms with E-state index in [-0.39, 0.29) is 11.8 Å². The number of fused-ring (bicyclic) bond motifs is 1. The lowest BCUT2D eigenvalue weighted by Crippen LogP contribution is -2.23. The summed E-state index contributed by atoms with van der Waals surface area (Å²) < 4.78 is 0. The van der Waals surface area contributed by atoms with Gasteiger partial charge in [-0.1, -0.05) is 18.2 Å². The minimum atomic E-state index is 0.00564. The van der Waals surface area contributed by atoms with Crippen LogP contribution >= 0.6 is 0 Å². The zero-order chi connectivity index (χ0) is 18.1. The molecule has 1 aliphatic heterocycles. The highest BCUT2D eigenvalue weighted by Gasteiger charge is 2.28. The Hall–Kier alpha value is -3.02. The molecule has 0 spiro atoms. The fourth-order valence-electron chi connectivity index (χ4n) is 3.46. The van der Waals surface area contributed by atoms with Crippen LogP contribution in [-0.2, 0) is 0 Å². The van der Waals surface area contributed by atoms with Gasteiger partial charge < -0.3 is 9.80 Å². The summed E-state index contributed by atoms with van der Waals surface area (Å²) in [5.41, 5.74) is 2.54. The molecule has 0 N–H and O–H groups in total. The topological polar surface area (TPSA) is 62.2 Å². The van der Waals surface area contributed by atoms with E-state index in [4.69, 9.17) is 4.98 Å². The van der Waals surface area contributed by atoms with E-state index < -0.39 is 0 Å². The lowest BCUT2D eigenvalue weighted by atomic mass is 9.99. The van der Waals surface area contributed by atoms with Crippen molar-refractivity contribution in [3.63, 3.8) is 0 Å². The van der Waals surface area contributed by atoms with Crippen LogP contribution in [0.4, 0.5) is 5.95 Å². The smallest absolute Gasteiger partial charge is 0.254 e. The van der Waals surface area contributed by atoms with Gasteiger partial charge in [0, 0.05) is 56.6 Å². The van der Waals surface area contributed by atoms with Crippen molar-refractivity contribution in [3.8, 4) is 0 Å². The maximum absolute atomic E-state index is 12.7. The number of hydrogen-bond donors (Lipinski definition) is 0. The van der Waals surface area contributed by atoms with Gasteiger partial charge >= 0.3 is 0 Å². The number of pyridine rings is 1. The van der Waals surface area contributed by atoms with Crippen LogP contribution in [0.15, 0.2) is 48.8 Å². The second kappa shape index (κ2) is 6.71. The first-order valence-electron chi connectivity index (χ1n) is 8.77. The maximum atomic E-state index is 12.7. The third-order valence-corrected chi connectivity index (χ3v) is 4.81. The number of anilines is 1. The zero-order valence-corrected chi connectivity index (χ0v) is 15.0. The van der Waals surface area contributed by atoms with Gasteiger partial charge in [-0.3, -0.25) is 9.78 Å². The Morgan fingerprint density at radius 1 is 1.15 bits per heavy atom. The predicted octanol–water partition coefficient (Wildman–Crippen LogP) is 2.72. The van der Waals surface area contributed by atoms with Crippen LogP contribution in [0.3, 0.4) is 0 Å². The molecule has 3 aromatic rings. The minimum absolute atomic E-state index is 0.00564. The highest BCUT2D eigenvalue weighted by molar-refractivity contribution is 6.06. The summed E-state index contributed by atoms with van der Waals surface area (Å²) in [6.45, 7) is 1.70.